The Bertz CT molecular complexity index is 522. The number of hydrogen-bond acceptors (Lipinski definition) is 2. The van der Waals surface area contributed by atoms with E-state index in [0.717, 1.165) is 22.3 Å². The Hall–Kier alpha value is -1.00. The van der Waals surface area contributed by atoms with E-state index in [4.69, 9.17) is 17.3 Å². The van der Waals surface area contributed by atoms with Crippen molar-refractivity contribution in [1.29, 1.82) is 0 Å². The number of nitrogen functional groups attached to an aromatic ring is 1. The molecule has 0 aliphatic rings. The van der Waals surface area contributed by atoms with E-state index in [9.17, 15) is 0 Å². The van der Waals surface area contributed by atoms with Crippen LogP contribution >= 0.6 is 27.5 Å². The van der Waals surface area contributed by atoms with Crippen LogP contribution in [0.4, 0.5) is 5.82 Å². The van der Waals surface area contributed by atoms with Gasteiger partial charge in [-0.3, -0.25) is 0 Å². The van der Waals surface area contributed by atoms with Gasteiger partial charge in [0.25, 0.3) is 0 Å². The Kier molecular flexibility index (Phi) is 3.21. The predicted molar refractivity (Wildman–Crippen MR) is 70.5 cm³/mol. The van der Waals surface area contributed by atoms with Crippen molar-refractivity contribution in [1.82, 2.24) is 9.55 Å². The summed E-state index contributed by atoms with van der Waals surface area (Å²) in [6.07, 6.45) is 1.73. The van der Waals surface area contributed by atoms with Crippen molar-refractivity contribution >= 4 is 33.3 Å². The maximum atomic E-state index is 6.15. The molecular formula is C11H11BrClN3. The highest BCUT2D eigenvalue weighted by molar-refractivity contribution is 9.10. The lowest BCUT2D eigenvalue weighted by atomic mass is 10.1. The molecule has 0 aliphatic heterocycles. The number of anilines is 1. The van der Waals surface area contributed by atoms with Crippen LogP contribution in [0.15, 0.2) is 29.0 Å². The van der Waals surface area contributed by atoms with Crippen molar-refractivity contribution in [3.05, 3.63) is 34.0 Å². The maximum Gasteiger partial charge on any atom is 0.131 e. The fourth-order valence-corrected chi connectivity index (χ4v) is 2.30. The molecule has 0 unspecified atom stereocenters. The first-order valence-corrected chi connectivity index (χ1v) is 6.06. The smallest absolute Gasteiger partial charge is 0.131 e. The minimum Gasteiger partial charge on any atom is -0.383 e. The quantitative estimate of drug-likeness (QED) is 0.921. The Labute approximate surface area is 107 Å². The highest BCUT2D eigenvalue weighted by atomic mass is 79.9. The van der Waals surface area contributed by atoms with Gasteiger partial charge in [-0.05, 0) is 19.1 Å². The highest BCUT2D eigenvalue weighted by Crippen LogP contribution is 2.32. The number of aromatic nitrogens is 2. The number of hydrogen-bond donors (Lipinski definition) is 1. The minimum absolute atomic E-state index is 0.641. The second-order valence-electron chi connectivity index (χ2n) is 3.39. The van der Waals surface area contributed by atoms with Gasteiger partial charge >= 0.3 is 0 Å². The van der Waals surface area contributed by atoms with Crippen LogP contribution < -0.4 is 5.73 Å². The van der Waals surface area contributed by atoms with E-state index in [1.54, 1.807) is 6.33 Å². The Morgan fingerprint density at radius 2 is 2.25 bits per heavy atom. The van der Waals surface area contributed by atoms with Gasteiger partial charge in [-0.15, -0.1) is 0 Å². The van der Waals surface area contributed by atoms with Gasteiger partial charge in [0, 0.05) is 16.6 Å². The number of rotatable bonds is 2. The summed E-state index contributed by atoms with van der Waals surface area (Å²) in [5, 5.41) is 0.641. The normalized spacial score (nSPS) is 10.7. The van der Waals surface area contributed by atoms with Crippen LogP contribution in [0, 0.1) is 0 Å². The SMILES string of the molecule is CCn1cnc(-c2ccc(Br)cc2Cl)c1N. The van der Waals surface area contributed by atoms with E-state index in [1.165, 1.54) is 0 Å². The lowest BCUT2D eigenvalue weighted by Crippen LogP contribution is -1.99. The lowest BCUT2D eigenvalue weighted by molar-refractivity contribution is 0.771. The molecule has 1 heterocycles. The molecule has 3 nitrogen and oxygen atoms in total. The molecule has 5 heteroatoms. The average Bonchev–Trinajstić information content (AvgIpc) is 2.60. The van der Waals surface area contributed by atoms with Crippen molar-refractivity contribution in [2.75, 3.05) is 5.73 Å². The first-order chi connectivity index (χ1) is 7.63. The molecule has 16 heavy (non-hydrogen) atoms. The molecular weight excluding hydrogens is 289 g/mol. The molecule has 0 fully saturated rings. The molecule has 0 spiro atoms. The minimum atomic E-state index is 0.641. The molecule has 2 aromatic rings. The highest BCUT2D eigenvalue weighted by Gasteiger charge is 2.12. The van der Waals surface area contributed by atoms with Gasteiger partial charge in [-0.1, -0.05) is 33.6 Å². The molecule has 0 bridgehead atoms. The Morgan fingerprint density at radius 1 is 1.50 bits per heavy atom. The summed E-state index contributed by atoms with van der Waals surface area (Å²) >= 11 is 9.52. The third-order valence-corrected chi connectivity index (χ3v) is 3.21. The van der Waals surface area contributed by atoms with Gasteiger partial charge in [0.1, 0.15) is 11.5 Å². The summed E-state index contributed by atoms with van der Waals surface area (Å²) < 4.78 is 2.82. The summed E-state index contributed by atoms with van der Waals surface area (Å²) in [4.78, 5) is 4.29. The molecule has 0 saturated heterocycles. The van der Waals surface area contributed by atoms with Gasteiger partial charge in [0.2, 0.25) is 0 Å². The third-order valence-electron chi connectivity index (χ3n) is 2.41. The Balaban J connectivity index is 2.54. The standard InChI is InChI=1S/C11H11BrClN3/c1-2-16-6-15-10(11(16)14)8-4-3-7(12)5-9(8)13/h3-6H,2,14H2,1H3. The van der Waals surface area contributed by atoms with Crippen molar-refractivity contribution in [2.45, 2.75) is 13.5 Å². The first kappa shape index (κ1) is 11.5. The summed E-state index contributed by atoms with van der Waals surface area (Å²) in [6, 6.07) is 5.66. The molecule has 2 rings (SSSR count). The van der Waals surface area contributed by atoms with Crippen LogP contribution in [0.25, 0.3) is 11.3 Å². The molecule has 2 N–H and O–H groups in total. The summed E-state index contributed by atoms with van der Waals surface area (Å²) in [5.41, 5.74) is 7.57. The fourth-order valence-electron chi connectivity index (χ4n) is 1.53. The van der Waals surface area contributed by atoms with E-state index >= 15 is 0 Å². The van der Waals surface area contributed by atoms with E-state index in [1.807, 2.05) is 29.7 Å². The van der Waals surface area contributed by atoms with E-state index in [2.05, 4.69) is 20.9 Å². The molecule has 1 aromatic carbocycles. The second kappa shape index (κ2) is 4.47. The summed E-state index contributed by atoms with van der Waals surface area (Å²) in [5.74, 6) is 0.645. The van der Waals surface area contributed by atoms with Crippen molar-refractivity contribution in [3.8, 4) is 11.3 Å². The maximum absolute atomic E-state index is 6.15. The van der Waals surface area contributed by atoms with Gasteiger partial charge in [-0.2, -0.15) is 0 Å². The average molecular weight is 301 g/mol. The zero-order chi connectivity index (χ0) is 11.7. The van der Waals surface area contributed by atoms with Crippen LogP contribution in [0.3, 0.4) is 0 Å². The van der Waals surface area contributed by atoms with Crippen LogP contribution in [-0.4, -0.2) is 9.55 Å². The monoisotopic (exact) mass is 299 g/mol. The van der Waals surface area contributed by atoms with Crippen molar-refractivity contribution in [3.63, 3.8) is 0 Å². The largest absolute Gasteiger partial charge is 0.383 e. The van der Waals surface area contributed by atoms with Crippen molar-refractivity contribution < 1.29 is 0 Å². The van der Waals surface area contributed by atoms with Gasteiger partial charge in [0.05, 0.1) is 11.3 Å². The number of nitrogens with two attached hydrogens (primary N) is 1. The molecule has 1 aromatic heterocycles. The summed E-state index contributed by atoms with van der Waals surface area (Å²) in [7, 11) is 0. The molecule has 0 aliphatic carbocycles. The number of imidazole rings is 1. The Morgan fingerprint density at radius 3 is 2.81 bits per heavy atom. The van der Waals surface area contributed by atoms with Crippen LogP contribution in [0.1, 0.15) is 6.92 Å². The number of halogens is 2. The second-order valence-corrected chi connectivity index (χ2v) is 4.71. The van der Waals surface area contributed by atoms with E-state index in [-0.39, 0.29) is 0 Å². The van der Waals surface area contributed by atoms with Crippen LogP contribution in [0.5, 0.6) is 0 Å². The van der Waals surface area contributed by atoms with Gasteiger partial charge in [-0.25, -0.2) is 4.98 Å². The van der Waals surface area contributed by atoms with Crippen LogP contribution in [0.2, 0.25) is 5.02 Å². The molecule has 0 radical (unpaired) electrons. The van der Waals surface area contributed by atoms with E-state index < -0.39 is 0 Å². The summed E-state index contributed by atoms with van der Waals surface area (Å²) in [6.45, 7) is 2.82. The number of benzene rings is 1. The van der Waals surface area contributed by atoms with Gasteiger partial charge in [0.15, 0.2) is 0 Å². The zero-order valence-corrected chi connectivity index (χ0v) is 11.1. The van der Waals surface area contributed by atoms with Crippen LogP contribution in [-0.2, 0) is 6.54 Å². The topological polar surface area (TPSA) is 43.8 Å². The number of nitrogens with zero attached hydrogens (tertiary/aromatic N) is 2. The van der Waals surface area contributed by atoms with Gasteiger partial charge < -0.3 is 10.3 Å². The predicted octanol–water partition coefficient (Wildman–Crippen LogP) is 3.57. The molecule has 84 valence electrons. The van der Waals surface area contributed by atoms with E-state index in [0.29, 0.717) is 10.8 Å². The van der Waals surface area contributed by atoms with Crippen molar-refractivity contribution in [2.24, 2.45) is 0 Å². The zero-order valence-electron chi connectivity index (χ0n) is 8.74. The number of aryl methyl sites for hydroxylation is 1. The molecule has 0 amide bonds. The lowest BCUT2D eigenvalue weighted by Gasteiger charge is -2.04. The fraction of sp³-hybridized carbons (Fsp3) is 0.182. The molecule has 0 saturated carbocycles. The first-order valence-electron chi connectivity index (χ1n) is 4.89. The molecule has 0 atom stereocenters. The third kappa shape index (κ3) is 1.95.